The third-order valence-electron chi connectivity index (χ3n) is 16.5. The van der Waals surface area contributed by atoms with Gasteiger partial charge in [-0.05, 0) is 120 Å². The standard InChI is InChI=1S/C76H78N10/c1-5-77-29-9-67(10-30-77)71-17-37-81(38-18-71)55-61-49-62(56-82-39-19-72(20-40-82)68-11-31-78(6-2)32-12-68)52-65(51-61)59-85-45-25-75(26-46-85)76-27-47-86(48-28-76)60-66-53-63(57-83-41-21-73(22-42-83)69-13-33-79(7-3)34-14-69)50-64(54-66)58-84-43-23-74(24-44-84)70-15-35-80(8-4)36-16-70/h9-54H,5-8,55-60H2,1-4H3/q+10. The highest BCUT2D eigenvalue weighted by Crippen LogP contribution is 2.22. The van der Waals surface area contributed by atoms with Gasteiger partial charge in [-0.1, -0.05) is 0 Å². The molecule has 0 spiro atoms. The molecule has 10 heterocycles. The Morgan fingerprint density at radius 3 is 0.372 bits per heavy atom. The fourth-order valence-electron chi connectivity index (χ4n) is 11.5. The van der Waals surface area contributed by atoms with Gasteiger partial charge in [0.25, 0.3) is 0 Å². The molecule has 12 rings (SSSR count). The first-order chi connectivity index (χ1) is 42.3. The molecule has 0 saturated heterocycles. The van der Waals surface area contributed by atoms with Crippen LogP contribution in [0.4, 0.5) is 0 Å². The predicted octanol–water partition coefficient (Wildman–Crippen LogP) is 9.27. The topological polar surface area (TPSA) is 38.8 Å². The van der Waals surface area contributed by atoms with Gasteiger partial charge < -0.3 is 0 Å². The molecule has 10 nitrogen and oxygen atoms in total. The maximum Gasteiger partial charge on any atom is 0.173 e. The summed E-state index contributed by atoms with van der Waals surface area (Å²) >= 11 is 0. The second-order valence-electron chi connectivity index (χ2n) is 22.5. The lowest BCUT2D eigenvalue weighted by Crippen LogP contribution is -2.36. The highest BCUT2D eigenvalue weighted by atomic mass is 15.0. The normalized spacial score (nSPS) is 11.3. The van der Waals surface area contributed by atoms with Crippen molar-refractivity contribution in [2.24, 2.45) is 0 Å². The van der Waals surface area contributed by atoms with Gasteiger partial charge in [-0.15, -0.1) is 0 Å². The van der Waals surface area contributed by atoms with Crippen molar-refractivity contribution in [2.45, 2.75) is 93.1 Å². The highest BCUT2D eigenvalue weighted by molar-refractivity contribution is 5.64. The van der Waals surface area contributed by atoms with E-state index < -0.39 is 0 Å². The average Bonchev–Trinajstić information content (AvgIpc) is 3.76. The lowest BCUT2D eigenvalue weighted by atomic mass is 10.0. The second-order valence-corrected chi connectivity index (χ2v) is 22.5. The van der Waals surface area contributed by atoms with Gasteiger partial charge in [0.2, 0.25) is 0 Å². The molecular formula is C76H78N10+10. The molecule has 0 bridgehead atoms. The van der Waals surface area contributed by atoms with E-state index in [-0.39, 0.29) is 0 Å². The van der Waals surface area contributed by atoms with Crippen LogP contribution >= 0.6 is 0 Å². The predicted molar refractivity (Wildman–Crippen MR) is 332 cm³/mol. The van der Waals surface area contributed by atoms with E-state index in [1.165, 1.54) is 89.0 Å². The largest absolute Gasteiger partial charge is 0.205 e. The van der Waals surface area contributed by atoms with Gasteiger partial charge in [-0.3, -0.25) is 0 Å². The summed E-state index contributed by atoms with van der Waals surface area (Å²) in [7, 11) is 0. The molecular weight excluding hydrogens is 1050 g/mol. The van der Waals surface area contributed by atoms with Crippen LogP contribution in [0.25, 0.3) is 55.6 Å². The minimum absolute atomic E-state index is 0.759. The summed E-state index contributed by atoms with van der Waals surface area (Å²) in [4.78, 5) is 0. The van der Waals surface area contributed by atoms with Gasteiger partial charge >= 0.3 is 0 Å². The fourth-order valence-corrected chi connectivity index (χ4v) is 11.5. The van der Waals surface area contributed by atoms with Gasteiger partial charge in [-0.25, -0.2) is 45.7 Å². The van der Waals surface area contributed by atoms with Crippen LogP contribution in [-0.4, -0.2) is 0 Å². The Morgan fingerprint density at radius 2 is 0.267 bits per heavy atom. The first kappa shape index (κ1) is 56.4. The van der Waals surface area contributed by atoms with Gasteiger partial charge in [0, 0.05) is 155 Å². The van der Waals surface area contributed by atoms with Crippen LogP contribution < -0.4 is 45.7 Å². The smallest absolute Gasteiger partial charge is 0.173 e. The Bertz CT molecular complexity index is 3670. The zero-order valence-corrected chi connectivity index (χ0v) is 50.1. The van der Waals surface area contributed by atoms with E-state index in [0.717, 1.165) is 65.4 Å². The Morgan fingerprint density at radius 1 is 0.163 bits per heavy atom. The van der Waals surface area contributed by atoms with E-state index in [9.17, 15) is 0 Å². The number of benzene rings is 2. The van der Waals surface area contributed by atoms with Gasteiger partial charge in [0.1, 0.15) is 26.2 Å². The summed E-state index contributed by atoms with van der Waals surface area (Å²) in [6, 6.07) is 58.6. The molecule has 86 heavy (non-hydrogen) atoms. The monoisotopic (exact) mass is 1130 g/mol. The summed E-state index contributed by atoms with van der Waals surface area (Å²) in [5.74, 6) is 0. The minimum atomic E-state index is 0.759. The molecule has 0 unspecified atom stereocenters. The van der Waals surface area contributed by atoms with E-state index in [1.54, 1.807) is 0 Å². The number of aryl methyl sites for hydroxylation is 4. The number of pyridine rings is 10. The third kappa shape index (κ3) is 14.3. The first-order valence-corrected chi connectivity index (χ1v) is 30.4. The fraction of sp³-hybridized carbons (Fsp3) is 0.184. The molecule has 0 atom stereocenters. The first-order valence-electron chi connectivity index (χ1n) is 30.4. The van der Waals surface area contributed by atoms with Gasteiger partial charge in [0.15, 0.2) is 163 Å². The van der Waals surface area contributed by atoms with Crippen LogP contribution in [0.3, 0.4) is 0 Å². The zero-order chi connectivity index (χ0) is 58.6. The maximum absolute atomic E-state index is 2.37. The molecule has 0 aliphatic carbocycles. The molecule has 0 fully saturated rings. The van der Waals surface area contributed by atoms with Crippen molar-refractivity contribution in [3.63, 3.8) is 0 Å². The Kier molecular flexibility index (Phi) is 17.5. The highest BCUT2D eigenvalue weighted by Gasteiger charge is 2.18. The van der Waals surface area contributed by atoms with Crippen LogP contribution in [0.15, 0.2) is 282 Å². The second kappa shape index (κ2) is 26.7. The van der Waals surface area contributed by atoms with E-state index in [1.807, 2.05) is 0 Å². The minimum Gasteiger partial charge on any atom is -0.205 e. The molecule has 10 aromatic heterocycles. The van der Waals surface area contributed by atoms with Crippen LogP contribution in [0.1, 0.15) is 61.1 Å². The van der Waals surface area contributed by atoms with E-state index in [4.69, 9.17) is 0 Å². The Balaban J connectivity index is 0.753. The number of hydrogen-bond acceptors (Lipinski definition) is 0. The molecule has 0 aliphatic rings. The number of rotatable bonds is 21. The molecule has 0 amide bonds. The van der Waals surface area contributed by atoms with Gasteiger partial charge in [-0.2, -0.15) is 0 Å². The Hall–Kier alpha value is -10.1. The summed E-state index contributed by atoms with van der Waals surface area (Å²) in [5.41, 5.74) is 19.8. The van der Waals surface area contributed by atoms with Crippen molar-refractivity contribution in [2.75, 3.05) is 0 Å². The van der Waals surface area contributed by atoms with E-state index >= 15 is 0 Å². The number of hydrogen-bond donors (Lipinski definition) is 0. The summed E-state index contributed by atoms with van der Waals surface area (Å²) < 4.78 is 22.5. The van der Waals surface area contributed by atoms with Crippen molar-refractivity contribution in [1.29, 1.82) is 0 Å². The molecule has 2 aromatic carbocycles. The quantitative estimate of drug-likeness (QED) is 0.0645. The molecule has 0 aliphatic heterocycles. The van der Waals surface area contributed by atoms with Crippen molar-refractivity contribution >= 4 is 0 Å². The average molecular weight is 1130 g/mol. The molecule has 10 heteroatoms. The molecule has 0 saturated carbocycles. The van der Waals surface area contributed by atoms with Crippen molar-refractivity contribution in [3.8, 4) is 55.6 Å². The Labute approximate surface area is 506 Å². The number of aromatic nitrogens is 10. The summed E-state index contributed by atoms with van der Waals surface area (Å²) in [5, 5.41) is 0. The molecule has 0 N–H and O–H groups in total. The van der Waals surface area contributed by atoms with Crippen molar-refractivity contribution in [3.05, 3.63) is 315 Å². The van der Waals surface area contributed by atoms with Gasteiger partial charge in [0.05, 0.1) is 0 Å². The molecule has 422 valence electrons. The van der Waals surface area contributed by atoms with Crippen molar-refractivity contribution < 1.29 is 45.7 Å². The van der Waals surface area contributed by atoms with E-state index in [2.05, 4.69) is 355 Å². The summed E-state index contributed by atoms with van der Waals surface area (Å²) in [6.07, 6.45) is 43.7. The molecule has 0 radical (unpaired) electrons. The zero-order valence-electron chi connectivity index (χ0n) is 50.1. The summed E-state index contributed by atoms with van der Waals surface area (Å²) in [6.45, 7) is 17.1. The molecule has 12 aromatic rings. The van der Waals surface area contributed by atoms with Crippen LogP contribution in [0.5, 0.6) is 0 Å². The number of nitrogens with zero attached hydrogens (tertiary/aromatic N) is 10. The SMILES string of the molecule is CC[n+]1ccc(-c2cc[n+](Cc3cc(C[n+]4ccc(-c5cc[n+](CC)cc5)cc4)cc(C[n+]4ccc(-c5cc[n+](Cc6cc(C[n+]7ccc(-c8cc[n+](CC)cc8)cc7)cc(C[n+]7ccc(-c8cc[n+](CC)cc8)cc7)c6)cc5)cc4)c3)cc2)cc1. The van der Waals surface area contributed by atoms with Crippen LogP contribution in [-0.2, 0) is 65.4 Å². The maximum atomic E-state index is 2.37. The third-order valence-corrected chi connectivity index (χ3v) is 16.5. The lowest BCUT2D eigenvalue weighted by Gasteiger charge is -2.08. The van der Waals surface area contributed by atoms with Crippen molar-refractivity contribution in [1.82, 2.24) is 0 Å². The van der Waals surface area contributed by atoms with E-state index in [0.29, 0.717) is 0 Å². The van der Waals surface area contributed by atoms with Crippen LogP contribution in [0.2, 0.25) is 0 Å². The lowest BCUT2D eigenvalue weighted by molar-refractivity contribution is -0.693. The van der Waals surface area contributed by atoms with Crippen LogP contribution in [0, 0.1) is 0 Å².